The van der Waals surface area contributed by atoms with Gasteiger partial charge in [0.2, 0.25) is 0 Å². The first-order chi connectivity index (χ1) is 24.8. The van der Waals surface area contributed by atoms with Crippen molar-refractivity contribution in [1.29, 1.82) is 0 Å². The zero-order valence-corrected chi connectivity index (χ0v) is 27.1. The number of hydrogen-bond acceptors (Lipinski definition) is 1. The van der Waals surface area contributed by atoms with E-state index in [1.807, 2.05) is 12.3 Å². The molecule has 0 N–H and O–H groups in total. The van der Waals surface area contributed by atoms with Gasteiger partial charge in [0.1, 0.15) is 0 Å². The van der Waals surface area contributed by atoms with Crippen LogP contribution in [0.15, 0.2) is 176 Å². The van der Waals surface area contributed by atoms with Crippen LogP contribution in [0.2, 0.25) is 0 Å². The van der Waals surface area contributed by atoms with E-state index in [9.17, 15) is 0 Å². The predicted octanol–water partition coefficient (Wildman–Crippen LogP) is 12.4. The van der Waals surface area contributed by atoms with Crippen molar-refractivity contribution in [1.82, 2.24) is 14.1 Å². The van der Waals surface area contributed by atoms with Crippen LogP contribution in [0.5, 0.6) is 0 Å². The van der Waals surface area contributed by atoms with Crippen LogP contribution in [0, 0.1) is 0 Å². The Hall–Kier alpha value is -6.71. The third-order valence-corrected chi connectivity index (χ3v) is 10.5. The molecule has 0 saturated carbocycles. The zero-order valence-electron chi connectivity index (χ0n) is 27.1. The molecule has 0 unspecified atom stereocenters. The molecule has 0 atom stereocenters. The maximum Gasteiger partial charge on any atom is 0.0948 e. The van der Waals surface area contributed by atoms with Gasteiger partial charge < -0.3 is 9.13 Å². The number of aromatic nitrogens is 3. The van der Waals surface area contributed by atoms with Crippen LogP contribution < -0.4 is 0 Å². The summed E-state index contributed by atoms with van der Waals surface area (Å²) in [7, 11) is 0. The number of nitrogens with zero attached hydrogens (tertiary/aromatic N) is 3. The molecule has 0 fully saturated rings. The number of hydrogen-bond donors (Lipinski definition) is 0. The molecule has 0 aliphatic carbocycles. The molecule has 0 aliphatic heterocycles. The van der Waals surface area contributed by atoms with Gasteiger partial charge in [0, 0.05) is 38.8 Å². The molecule has 3 nitrogen and oxygen atoms in total. The van der Waals surface area contributed by atoms with Crippen LogP contribution in [0.3, 0.4) is 0 Å². The van der Waals surface area contributed by atoms with E-state index in [2.05, 4.69) is 173 Å². The highest BCUT2D eigenvalue weighted by molar-refractivity contribution is 6.27. The molecular weight excluding hydrogens is 607 g/mol. The van der Waals surface area contributed by atoms with Crippen molar-refractivity contribution in [2.24, 2.45) is 0 Å². The smallest absolute Gasteiger partial charge is 0.0948 e. The molecule has 11 aromatic rings. The second-order valence-electron chi connectivity index (χ2n) is 13.1. The molecule has 0 saturated heterocycles. The summed E-state index contributed by atoms with van der Waals surface area (Å²) in [5.41, 5.74) is 12.9. The molecule has 0 spiro atoms. The fourth-order valence-corrected chi connectivity index (χ4v) is 8.40. The predicted molar refractivity (Wildman–Crippen MR) is 210 cm³/mol. The second-order valence-corrected chi connectivity index (χ2v) is 13.1. The van der Waals surface area contributed by atoms with E-state index >= 15 is 0 Å². The van der Waals surface area contributed by atoms with Gasteiger partial charge in [-0.25, -0.2) is 0 Å². The van der Waals surface area contributed by atoms with Crippen molar-refractivity contribution in [2.45, 2.75) is 0 Å². The SMILES string of the molecule is c1ccc(-c2ccc(-n3c4ccccc4c4cc(-c5ccc6c7c5ccc5cccc(c57)n6-c5ccccc5)ccc43)c3ncccc23)cc1. The van der Waals surface area contributed by atoms with Crippen molar-refractivity contribution in [3.63, 3.8) is 0 Å². The second kappa shape index (κ2) is 10.4. The highest BCUT2D eigenvalue weighted by atomic mass is 15.0. The van der Waals surface area contributed by atoms with E-state index in [-0.39, 0.29) is 0 Å². The van der Waals surface area contributed by atoms with Gasteiger partial charge in [-0.1, -0.05) is 115 Å². The Balaban J connectivity index is 1.15. The average molecular weight is 636 g/mol. The Morgan fingerprint density at radius 2 is 1.08 bits per heavy atom. The fourth-order valence-electron chi connectivity index (χ4n) is 8.40. The molecule has 3 aromatic heterocycles. The molecule has 3 heterocycles. The summed E-state index contributed by atoms with van der Waals surface area (Å²) in [5.74, 6) is 0. The number of benzene rings is 8. The summed E-state index contributed by atoms with van der Waals surface area (Å²) in [6, 6.07) is 61.6. The van der Waals surface area contributed by atoms with Crippen LogP contribution in [-0.4, -0.2) is 14.1 Å². The number of para-hydroxylation sites is 2. The van der Waals surface area contributed by atoms with E-state index in [4.69, 9.17) is 4.98 Å². The molecule has 0 amide bonds. The number of fused-ring (bicyclic) bond motifs is 4. The standard InChI is InChI=1S/C47H29N3/c1-3-11-30(12-4-1)34-24-27-44(47-38(34)17-10-28-48-47)50-40-18-8-7-16-36(40)39-29-32(21-25-41(39)50)35-23-26-43-46-37(35)22-20-31-13-9-19-42(45(31)46)49(43)33-14-5-2-6-15-33/h1-29H. The quantitative estimate of drug-likeness (QED) is 0.176. The van der Waals surface area contributed by atoms with E-state index in [0.29, 0.717) is 0 Å². The molecule has 0 aliphatic rings. The van der Waals surface area contributed by atoms with Crippen molar-refractivity contribution in [3.05, 3.63) is 176 Å². The Kier molecular flexibility index (Phi) is 5.67. The van der Waals surface area contributed by atoms with Crippen molar-refractivity contribution in [2.75, 3.05) is 0 Å². The van der Waals surface area contributed by atoms with Crippen LogP contribution >= 0.6 is 0 Å². The number of rotatable bonds is 4. The van der Waals surface area contributed by atoms with Crippen LogP contribution in [-0.2, 0) is 0 Å². The first-order valence-electron chi connectivity index (χ1n) is 17.1. The minimum atomic E-state index is 0.992. The van der Waals surface area contributed by atoms with E-state index in [1.54, 1.807) is 0 Å². The van der Waals surface area contributed by atoms with Gasteiger partial charge in [0.25, 0.3) is 0 Å². The Morgan fingerprint density at radius 1 is 0.380 bits per heavy atom. The summed E-state index contributed by atoms with van der Waals surface area (Å²) in [5, 5.41) is 8.79. The average Bonchev–Trinajstić information content (AvgIpc) is 3.70. The fraction of sp³-hybridized carbons (Fsp3) is 0. The van der Waals surface area contributed by atoms with Crippen molar-refractivity contribution < 1.29 is 0 Å². The maximum atomic E-state index is 4.98. The molecule has 0 bridgehead atoms. The first-order valence-corrected chi connectivity index (χ1v) is 17.1. The summed E-state index contributed by atoms with van der Waals surface area (Å²) in [4.78, 5) is 4.98. The van der Waals surface area contributed by atoms with Gasteiger partial charge in [-0.05, 0) is 87.6 Å². The largest absolute Gasteiger partial charge is 0.309 e. The van der Waals surface area contributed by atoms with Gasteiger partial charge >= 0.3 is 0 Å². The van der Waals surface area contributed by atoms with Gasteiger partial charge in [-0.2, -0.15) is 0 Å². The molecule has 0 radical (unpaired) electrons. The van der Waals surface area contributed by atoms with E-state index in [0.717, 1.165) is 16.6 Å². The lowest BCUT2D eigenvalue weighted by Crippen LogP contribution is -1.97. The molecule has 8 aromatic carbocycles. The first kappa shape index (κ1) is 27.3. The minimum absolute atomic E-state index is 0.992. The monoisotopic (exact) mass is 635 g/mol. The summed E-state index contributed by atoms with van der Waals surface area (Å²) in [6.07, 6.45) is 1.90. The summed E-state index contributed by atoms with van der Waals surface area (Å²) in [6.45, 7) is 0. The number of pyridine rings is 1. The van der Waals surface area contributed by atoms with Gasteiger partial charge in [-0.3, -0.25) is 4.98 Å². The third kappa shape index (κ3) is 3.77. The molecule has 50 heavy (non-hydrogen) atoms. The molecule has 232 valence electrons. The molecular formula is C47H29N3. The Bertz CT molecular complexity index is 3080. The topological polar surface area (TPSA) is 22.8 Å². The molecule has 11 rings (SSSR count). The lowest BCUT2D eigenvalue weighted by molar-refractivity contribution is 1.18. The van der Waals surface area contributed by atoms with Crippen LogP contribution in [0.4, 0.5) is 0 Å². The Morgan fingerprint density at radius 3 is 1.98 bits per heavy atom. The lowest BCUT2D eigenvalue weighted by atomic mass is 9.94. The van der Waals surface area contributed by atoms with E-state index in [1.165, 1.54) is 82.3 Å². The highest BCUT2D eigenvalue weighted by Crippen LogP contribution is 2.44. The molecule has 3 heteroatoms. The van der Waals surface area contributed by atoms with Gasteiger partial charge in [-0.15, -0.1) is 0 Å². The van der Waals surface area contributed by atoms with Crippen LogP contribution in [0.25, 0.3) is 98.9 Å². The summed E-state index contributed by atoms with van der Waals surface area (Å²) >= 11 is 0. The third-order valence-electron chi connectivity index (χ3n) is 10.5. The van der Waals surface area contributed by atoms with Crippen molar-refractivity contribution >= 4 is 65.3 Å². The maximum absolute atomic E-state index is 4.98. The highest BCUT2D eigenvalue weighted by Gasteiger charge is 2.21. The normalized spacial score (nSPS) is 12.0. The summed E-state index contributed by atoms with van der Waals surface area (Å²) < 4.78 is 4.80. The lowest BCUT2D eigenvalue weighted by Gasteiger charge is -2.14. The van der Waals surface area contributed by atoms with Gasteiger partial charge in [0.15, 0.2) is 0 Å². The minimum Gasteiger partial charge on any atom is -0.309 e. The van der Waals surface area contributed by atoms with Gasteiger partial charge in [0.05, 0.1) is 33.3 Å². The van der Waals surface area contributed by atoms with Crippen molar-refractivity contribution in [3.8, 4) is 33.6 Å². The Labute approximate surface area is 288 Å². The van der Waals surface area contributed by atoms with E-state index < -0.39 is 0 Å². The zero-order chi connectivity index (χ0) is 32.8. The van der Waals surface area contributed by atoms with Crippen LogP contribution in [0.1, 0.15) is 0 Å².